The van der Waals surface area contributed by atoms with Crippen molar-refractivity contribution in [1.82, 2.24) is 0 Å². The monoisotopic (exact) mass is 318 g/mol. The fourth-order valence-corrected chi connectivity index (χ4v) is 3.89. The summed E-state index contributed by atoms with van der Waals surface area (Å²) in [4.78, 5) is 0. The second-order valence-electron chi connectivity index (χ2n) is 6.48. The van der Waals surface area contributed by atoms with Gasteiger partial charge in [0.25, 0.3) is 0 Å². The highest BCUT2D eigenvalue weighted by Crippen LogP contribution is 2.25. The second-order valence-corrected chi connectivity index (χ2v) is 7.42. The third-order valence-electron chi connectivity index (χ3n) is 4.58. The van der Waals surface area contributed by atoms with Gasteiger partial charge < -0.3 is 0 Å². The third kappa shape index (κ3) is 12.6. The quantitative estimate of drug-likeness (QED) is 0.233. The van der Waals surface area contributed by atoms with E-state index < -0.39 is 0 Å². The maximum atomic E-state index is 2.98. The zero-order valence-electron chi connectivity index (χ0n) is 14.2. The lowest BCUT2D eigenvalue weighted by Gasteiger charge is -2.19. The van der Waals surface area contributed by atoms with Crippen molar-refractivity contribution in [2.45, 2.75) is 90.9 Å². The van der Waals surface area contributed by atoms with Crippen molar-refractivity contribution in [2.75, 3.05) is 12.3 Å². The largest absolute Gasteiger partial charge is 0.137 e. The molecule has 0 radical (unpaired) electrons. The van der Waals surface area contributed by atoms with Crippen molar-refractivity contribution in [3.63, 3.8) is 0 Å². The number of hydrogen-bond donors (Lipinski definition) is 0. The molecule has 0 aromatic rings. The van der Waals surface area contributed by atoms with Gasteiger partial charge in [0.15, 0.2) is 0 Å². The minimum Gasteiger partial charge on any atom is -0.137 e. The molecule has 4 atom stereocenters. The van der Waals surface area contributed by atoms with E-state index in [1.807, 2.05) is 0 Å². The van der Waals surface area contributed by atoms with E-state index in [0.29, 0.717) is 0 Å². The Morgan fingerprint density at radius 2 is 0.950 bits per heavy atom. The maximum Gasteiger partial charge on any atom is -0.0353 e. The van der Waals surface area contributed by atoms with Crippen LogP contribution in [0.15, 0.2) is 0 Å². The van der Waals surface area contributed by atoms with E-state index in [1.54, 1.807) is 0 Å². The first-order valence-electron chi connectivity index (χ1n) is 9.18. The number of rotatable bonds is 15. The predicted molar refractivity (Wildman–Crippen MR) is 103 cm³/mol. The summed E-state index contributed by atoms with van der Waals surface area (Å²) in [7, 11) is 5.97. The van der Waals surface area contributed by atoms with Gasteiger partial charge in [-0.1, -0.05) is 78.1 Å². The van der Waals surface area contributed by atoms with E-state index in [0.717, 1.165) is 11.8 Å². The Morgan fingerprint density at radius 3 is 1.25 bits per heavy atom. The molecule has 0 aliphatic carbocycles. The zero-order valence-corrected chi connectivity index (χ0v) is 16.5. The van der Waals surface area contributed by atoms with Gasteiger partial charge in [0.05, 0.1) is 0 Å². The average molecular weight is 318 g/mol. The lowest BCUT2D eigenvalue weighted by Crippen LogP contribution is -2.08. The fourth-order valence-electron chi connectivity index (χ4n) is 2.95. The summed E-state index contributed by atoms with van der Waals surface area (Å²) in [5.74, 6) is 1.93. The summed E-state index contributed by atoms with van der Waals surface area (Å²) in [6.45, 7) is 4.60. The molecule has 0 rings (SSSR count). The highest BCUT2D eigenvalue weighted by atomic mass is 31.0. The Bertz CT molecular complexity index is 162. The molecule has 0 saturated heterocycles. The Labute approximate surface area is 134 Å². The van der Waals surface area contributed by atoms with Gasteiger partial charge in [-0.05, 0) is 37.0 Å². The molecule has 2 heteroatoms. The molecule has 0 aliphatic rings. The van der Waals surface area contributed by atoms with Crippen molar-refractivity contribution in [1.29, 1.82) is 0 Å². The molecule has 0 aromatic carbocycles. The molecule has 20 heavy (non-hydrogen) atoms. The van der Waals surface area contributed by atoms with Crippen LogP contribution in [0.1, 0.15) is 90.9 Å². The lowest BCUT2D eigenvalue weighted by molar-refractivity contribution is 0.385. The molecule has 0 nitrogen and oxygen atoms in total. The van der Waals surface area contributed by atoms with Gasteiger partial charge in [0, 0.05) is 0 Å². The Balaban J connectivity index is 3.70. The summed E-state index contributed by atoms with van der Waals surface area (Å²) in [5, 5.41) is 0. The topological polar surface area (TPSA) is 0 Å². The Kier molecular flexibility index (Phi) is 16.9. The van der Waals surface area contributed by atoms with E-state index in [2.05, 4.69) is 32.3 Å². The van der Waals surface area contributed by atoms with Crippen LogP contribution in [0.25, 0.3) is 0 Å². The standard InChI is InChI=1S/C18H40P2/c1-3-5-7-9-11-17(15-19)13-14-18(16-20)12-10-8-6-4-2/h17-18H,3-16,19-20H2,1-2H3. The number of hydrogen-bond acceptors (Lipinski definition) is 0. The van der Waals surface area contributed by atoms with Gasteiger partial charge in [-0.3, -0.25) is 0 Å². The van der Waals surface area contributed by atoms with Crippen LogP contribution < -0.4 is 0 Å². The molecule has 0 fully saturated rings. The smallest absolute Gasteiger partial charge is 0.0353 e. The van der Waals surface area contributed by atoms with Crippen molar-refractivity contribution in [3.05, 3.63) is 0 Å². The third-order valence-corrected chi connectivity index (χ3v) is 5.92. The fraction of sp³-hybridized carbons (Fsp3) is 1.00. The minimum absolute atomic E-state index is 0.964. The lowest BCUT2D eigenvalue weighted by atomic mass is 9.91. The molecule has 122 valence electrons. The first-order valence-corrected chi connectivity index (χ1v) is 10.8. The molecule has 0 N–H and O–H groups in total. The van der Waals surface area contributed by atoms with Gasteiger partial charge in [-0.25, -0.2) is 0 Å². The molecule has 0 amide bonds. The zero-order chi connectivity index (χ0) is 15.1. The van der Waals surface area contributed by atoms with E-state index in [1.165, 1.54) is 89.4 Å². The van der Waals surface area contributed by atoms with Gasteiger partial charge in [-0.15, -0.1) is 18.5 Å². The molecular formula is C18H40P2. The van der Waals surface area contributed by atoms with Crippen molar-refractivity contribution < 1.29 is 0 Å². The molecular weight excluding hydrogens is 278 g/mol. The molecule has 0 heterocycles. The van der Waals surface area contributed by atoms with Crippen LogP contribution in [0, 0.1) is 11.8 Å². The summed E-state index contributed by atoms with van der Waals surface area (Å²) in [6.07, 6.45) is 19.8. The van der Waals surface area contributed by atoms with E-state index in [-0.39, 0.29) is 0 Å². The Hall–Kier alpha value is 0.860. The van der Waals surface area contributed by atoms with Crippen LogP contribution in [-0.2, 0) is 0 Å². The molecule has 0 spiro atoms. The summed E-state index contributed by atoms with van der Waals surface area (Å²) in [6, 6.07) is 0. The summed E-state index contributed by atoms with van der Waals surface area (Å²) < 4.78 is 0. The van der Waals surface area contributed by atoms with Crippen LogP contribution in [0.4, 0.5) is 0 Å². The van der Waals surface area contributed by atoms with Crippen LogP contribution >= 0.6 is 18.5 Å². The second kappa shape index (κ2) is 16.2. The average Bonchev–Trinajstić information content (AvgIpc) is 2.48. The van der Waals surface area contributed by atoms with Crippen molar-refractivity contribution in [2.24, 2.45) is 11.8 Å². The van der Waals surface area contributed by atoms with Crippen LogP contribution in [0.5, 0.6) is 0 Å². The summed E-state index contributed by atoms with van der Waals surface area (Å²) in [5.41, 5.74) is 0. The van der Waals surface area contributed by atoms with Crippen LogP contribution in [-0.4, -0.2) is 12.3 Å². The molecule has 0 bridgehead atoms. The molecule has 0 aliphatic heterocycles. The van der Waals surface area contributed by atoms with Gasteiger partial charge in [0.2, 0.25) is 0 Å². The van der Waals surface area contributed by atoms with E-state index in [4.69, 9.17) is 0 Å². The van der Waals surface area contributed by atoms with E-state index >= 15 is 0 Å². The van der Waals surface area contributed by atoms with Gasteiger partial charge >= 0.3 is 0 Å². The maximum absolute atomic E-state index is 2.98. The predicted octanol–water partition coefficient (Wildman–Crippen LogP) is 6.69. The van der Waals surface area contributed by atoms with Crippen molar-refractivity contribution >= 4 is 18.5 Å². The highest BCUT2D eigenvalue weighted by Gasteiger charge is 2.11. The summed E-state index contributed by atoms with van der Waals surface area (Å²) >= 11 is 0. The molecule has 4 unspecified atom stereocenters. The normalized spacial score (nSPS) is 14.4. The van der Waals surface area contributed by atoms with Crippen LogP contribution in [0.3, 0.4) is 0 Å². The van der Waals surface area contributed by atoms with E-state index in [9.17, 15) is 0 Å². The van der Waals surface area contributed by atoms with Gasteiger partial charge in [0.1, 0.15) is 0 Å². The van der Waals surface area contributed by atoms with Gasteiger partial charge in [-0.2, -0.15) is 0 Å². The number of unbranched alkanes of at least 4 members (excludes halogenated alkanes) is 6. The SMILES string of the molecule is CCCCCCC(CP)CCC(CP)CCCCCC. The van der Waals surface area contributed by atoms with Crippen LogP contribution in [0.2, 0.25) is 0 Å². The highest BCUT2D eigenvalue weighted by molar-refractivity contribution is 7.16. The van der Waals surface area contributed by atoms with Crippen molar-refractivity contribution in [3.8, 4) is 0 Å². The molecule has 0 aromatic heterocycles. The first-order chi connectivity index (χ1) is 9.78. The Morgan fingerprint density at radius 1 is 0.550 bits per heavy atom. The molecule has 0 saturated carbocycles. The minimum atomic E-state index is 0.964. The first kappa shape index (κ1) is 20.9.